The summed E-state index contributed by atoms with van der Waals surface area (Å²) in [4.78, 5) is 12.1. The molecule has 0 aliphatic heterocycles. The first-order chi connectivity index (χ1) is 8.56. The lowest BCUT2D eigenvalue weighted by Gasteiger charge is -2.08. The molecule has 0 aliphatic rings. The number of carbonyl (C=O) groups is 1. The minimum Gasteiger partial charge on any atom is -0.322 e. The van der Waals surface area contributed by atoms with Gasteiger partial charge in [-0.05, 0) is 49.7 Å². The van der Waals surface area contributed by atoms with Crippen LogP contribution in [0.25, 0.3) is 0 Å². The van der Waals surface area contributed by atoms with Crippen molar-refractivity contribution in [3.05, 3.63) is 63.6 Å². The quantitative estimate of drug-likeness (QED) is 0.879. The summed E-state index contributed by atoms with van der Waals surface area (Å²) in [5, 5.41) is 2.89. The Morgan fingerprint density at radius 3 is 2.33 bits per heavy atom. The smallest absolute Gasteiger partial charge is 0.255 e. The van der Waals surface area contributed by atoms with Gasteiger partial charge in [0.05, 0.1) is 0 Å². The van der Waals surface area contributed by atoms with Crippen molar-refractivity contribution in [1.29, 1.82) is 0 Å². The molecule has 0 aliphatic carbocycles. The van der Waals surface area contributed by atoms with E-state index in [1.165, 1.54) is 0 Å². The molecule has 0 heterocycles. The summed E-state index contributed by atoms with van der Waals surface area (Å²) < 4.78 is 0.993. The molecule has 92 valence electrons. The van der Waals surface area contributed by atoms with E-state index in [4.69, 9.17) is 0 Å². The number of hydrogen-bond donors (Lipinski definition) is 1. The molecule has 2 rings (SSSR count). The standard InChI is InChI=1S/C15H14BrNO/c1-10-3-8-14(11(2)9-10)15(18)17-13-6-4-12(16)5-7-13/h3-9H,1-2H3,(H,17,18). The summed E-state index contributed by atoms with van der Waals surface area (Å²) in [7, 11) is 0. The molecule has 0 bridgehead atoms. The molecule has 18 heavy (non-hydrogen) atoms. The fourth-order valence-electron chi connectivity index (χ4n) is 1.80. The van der Waals surface area contributed by atoms with Crippen molar-refractivity contribution in [3.63, 3.8) is 0 Å². The molecule has 0 radical (unpaired) electrons. The second kappa shape index (κ2) is 5.36. The first kappa shape index (κ1) is 12.8. The van der Waals surface area contributed by atoms with Gasteiger partial charge in [0.25, 0.3) is 5.91 Å². The summed E-state index contributed by atoms with van der Waals surface area (Å²) in [6.45, 7) is 3.97. The van der Waals surface area contributed by atoms with Gasteiger partial charge in [-0.3, -0.25) is 4.79 Å². The van der Waals surface area contributed by atoms with Crippen LogP contribution >= 0.6 is 15.9 Å². The van der Waals surface area contributed by atoms with Gasteiger partial charge >= 0.3 is 0 Å². The third-order valence-electron chi connectivity index (χ3n) is 2.73. The van der Waals surface area contributed by atoms with Crippen LogP contribution in [0.5, 0.6) is 0 Å². The number of nitrogens with one attached hydrogen (secondary N) is 1. The Bertz CT molecular complexity index is 576. The van der Waals surface area contributed by atoms with E-state index in [9.17, 15) is 4.79 Å². The molecule has 2 aromatic carbocycles. The van der Waals surface area contributed by atoms with Crippen LogP contribution in [0.3, 0.4) is 0 Å². The van der Waals surface area contributed by atoms with Crippen LogP contribution in [-0.2, 0) is 0 Å². The van der Waals surface area contributed by atoms with E-state index in [1.54, 1.807) is 0 Å². The van der Waals surface area contributed by atoms with Gasteiger partial charge in [-0.15, -0.1) is 0 Å². The molecule has 0 aromatic heterocycles. The van der Waals surface area contributed by atoms with Crippen molar-refractivity contribution >= 4 is 27.5 Å². The highest BCUT2D eigenvalue weighted by molar-refractivity contribution is 9.10. The minimum atomic E-state index is -0.0742. The number of carbonyl (C=O) groups excluding carboxylic acids is 1. The van der Waals surface area contributed by atoms with Gasteiger partial charge in [0.1, 0.15) is 0 Å². The van der Waals surface area contributed by atoms with Crippen molar-refractivity contribution in [2.45, 2.75) is 13.8 Å². The second-order valence-corrected chi connectivity index (χ2v) is 5.20. The van der Waals surface area contributed by atoms with Crippen LogP contribution in [0.2, 0.25) is 0 Å². The van der Waals surface area contributed by atoms with Crippen molar-refractivity contribution in [2.24, 2.45) is 0 Å². The SMILES string of the molecule is Cc1ccc(C(=O)Nc2ccc(Br)cc2)c(C)c1. The van der Waals surface area contributed by atoms with Crippen molar-refractivity contribution < 1.29 is 4.79 Å². The zero-order valence-corrected chi connectivity index (χ0v) is 11.9. The summed E-state index contributed by atoms with van der Waals surface area (Å²) in [5.74, 6) is -0.0742. The van der Waals surface area contributed by atoms with Crippen LogP contribution in [0.1, 0.15) is 21.5 Å². The lowest BCUT2D eigenvalue weighted by atomic mass is 10.1. The molecule has 2 aromatic rings. The van der Waals surface area contributed by atoms with E-state index in [0.29, 0.717) is 5.56 Å². The van der Waals surface area contributed by atoms with Gasteiger partial charge in [-0.1, -0.05) is 33.6 Å². The molecular weight excluding hydrogens is 290 g/mol. The Labute approximate surface area is 115 Å². The Balaban J connectivity index is 2.19. The van der Waals surface area contributed by atoms with Gasteiger partial charge in [0.15, 0.2) is 0 Å². The van der Waals surface area contributed by atoms with E-state index in [1.807, 2.05) is 56.3 Å². The largest absolute Gasteiger partial charge is 0.322 e. The molecule has 0 unspecified atom stereocenters. The molecular formula is C15H14BrNO. The third-order valence-corrected chi connectivity index (χ3v) is 3.26. The maximum Gasteiger partial charge on any atom is 0.255 e. The Morgan fingerprint density at radius 1 is 1.06 bits per heavy atom. The zero-order chi connectivity index (χ0) is 13.1. The maximum atomic E-state index is 12.1. The topological polar surface area (TPSA) is 29.1 Å². The van der Waals surface area contributed by atoms with Crippen molar-refractivity contribution in [1.82, 2.24) is 0 Å². The van der Waals surface area contributed by atoms with E-state index in [2.05, 4.69) is 21.2 Å². The minimum absolute atomic E-state index is 0.0742. The molecule has 1 N–H and O–H groups in total. The predicted molar refractivity (Wildman–Crippen MR) is 78.0 cm³/mol. The van der Waals surface area contributed by atoms with E-state index in [0.717, 1.165) is 21.3 Å². The third kappa shape index (κ3) is 2.99. The number of benzene rings is 2. The fourth-order valence-corrected chi connectivity index (χ4v) is 2.06. The number of amides is 1. The summed E-state index contributed by atoms with van der Waals surface area (Å²) in [5.41, 5.74) is 3.66. The van der Waals surface area contributed by atoms with Gasteiger partial charge in [-0.2, -0.15) is 0 Å². The van der Waals surface area contributed by atoms with Gasteiger partial charge in [0, 0.05) is 15.7 Å². The number of rotatable bonds is 2. The summed E-state index contributed by atoms with van der Waals surface area (Å²) in [6, 6.07) is 13.4. The molecule has 3 heteroatoms. The van der Waals surface area contributed by atoms with E-state index in [-0.39, 0.29) is 5.91 Å². The number of halogens is 1. The van der Waals surface area contributed by atoms with Crippen LogP contribution in [0.4, 0.5) is 5.69 Å². The number of aryl methyl sites for hydroxylation is 2. The molecule has 0 spiro atoms. The highest BCUT2D eigenvalue weighted by Crippen LogP contribution is 2.16. The number of hydrogen-bond acceptors (Lipinski definition) is 1. The summed E-state index contributed by atoms with van der Waals surface area (Å²) >= 11 is 3.36. The highest BCUT2D eigenvalue weighted by Gasteiger charge is 2.08. The Morgan fingerprint density at radius 2 is 1.72 bits per heavy atom. The van der Waals surface area contributed by atoms with E-state index < -0.39 is 0 Å². The van der Waals surface area contributed by atoms with Crippen LogP contribution in [0.15, 0.2) is 46.9 Å². The Hall–Kier alpha value is -1.61. The van der Waals surface area contributed by atoms with Crippen molar-refractivity contribution in [3.8, 4) is 0 Å². The average Bonchev–Trinajstić information content (AvgIpc) is 2.32. The lowest BCUT2D eigenvalue weighted by Crippen LogP contribution is -2.13. The normalized spacial score (nSPS) is 10.2. The molecule has 0 saturated heterocycles. The van der Waals surface area contributed by atoms with Gasteiger partial charge < -0.3 is 5.32 Å². The van der Waals surface area contributed by atoms with Crippen LogP contribution in [-0.4, -0.2) is 5.91 Å². The monoisotopic (exact) mass is 303 g/mol. The van der Waals surface area contributed by atoms with Gasteiger partial charge in [0.2, 0.25) is 0 Å². The lowest BCUT2D eigenvalue weighted by molar-refractivity contribution is 0.102. The highest BCUT2D eigenvalue weighted by atomic mass is 79.9. The zero-order valence-electron chi connectivity index (χ0n) is 10.3. The molecule has 0 atom stereocenters. The first-order valence-corrected chi connectivity index (χ1v) is 6.50. The molecule has 0 saturated carbocycles. The number of anilines is 1. The maximum absolute atomic E-state index is 12.1. The fraction of sp³-hybridized carbons (Fsp3) is 0.133. The molecule has 1 amide bonds. The van der Waals surface area contributed by atoms with Crippen molar-refractivity contribution in [2.75, 3.05) is 5.32 Å². The average molecular weight is 304 g/mol. The Kier molecular flexibility index (Phi) is 3.82. The van der Waals surface area contributed by atoms with Crippen LogP contribution in [0, 0.1) is 13.8 Å². The first-order valence-electron chi connectivity index (χ1n) is 5.70. The van der Waals surface area contributed by atoms with Crippen LogP contribution < -0.4 is 5.32 Å². The molecule has 0 fully saturated rings. The summed E-state index contributed by atoms with van der Waals surface area (Å²) in [6.07, 6.45) is 0. The molecule has 2 nitrogen and oxygen atoms in total. The second-order valence-electron chi connectivity index (χ2n) is 4.28. The predicted octanol–water partition coefficient (Wildman–Crippen LogP) is 4.32. The van der Waals surface area contributed by atoms with Gasteiger partial charge in [-0.25, -0.2) is 0 Å². The van der Waals surface area contributed by atoms with E-state index >= 15 is 0 Å².